The SMILES string of the molecule is CCCCCC=CCC=CCCCCC=CCCCC(=O)OC(CO)CO. The fourth-order valence-electron chi connectivity index (χ4n) is 2.52. The maximum Gasteiger partial charge on any atom is 0.306 e. The third-order valence-corrected chi connectivity index (χ3v) is 4.20. The van der Waals surface area contributed by atoms with Crippen LogP contribution in [0.4, 0.5) is 0 Å². The Labute approximate surface area is 166 Å². The van der Waals surface area contributed by atoms with Crippen LogP contribution in [-0.4, -0.2) is 35.5 Å². The number of allylic oxidation sites excluding steroid dienone is 6. The Morgan fingerprint density at radius 3 is 1.78 bits per heavy atom. The largest absolute Gasteiger partial charge is 0.457 e. The van der Waals surface area contributed by atoms with Crippen molar-refractivity contribution in [1.82, 2.24) is 0 Å². The van der Waals surface area contributed by atoms with Crippen molar-refractivity contribution in [3.8, 4) is 0 Å². The van der Waals surface area contributed by atoms with E-state index in [1.165, 1.54) is 38.5 Å². The molecule has 4 nitrogen and oxygen atoms in total. The summed E-state index contributed by atoms with van der Waals surface area (Å²) >= 11 is 0. The van der Waals surface area contributed by atoms with Crippen LogP contribution < -0.4 is 0 Å². The number of carbonyl (C=O) groups excluding carboxylic acids is 1. The van der Waals surface area contributed by atoms with E-state index in [1.54, 1.807) is 0 Å². The first-order valence-corrected chi connectivity index (χ1v) is 10.6. The van der Waals surface area contributed by atoms with Gasteiger partial charge in [-0.05, 0) is 57.8 Å². The molecular weight excluding hydrogens is 340 g/mol. The summed E-state index contributed by atoms with van der Waals surface area (Å²) in [6.45, 7) is 1.55. The molecule has 156 valence electrons. The summed E-state index contributed by atoms with van der Waals surface area (Å²) in [7, 11) is 0. The van der Waals surface area contributed by atoms with E-state index in [2.05, 4.69) is 43.4 Å². The van der Waals surface area contributed by atoms with Crippen LogP contribution in [0.1, 0.15) is 84.0 Å². The number of aliphatic hydroxyl groups excluding tert-OH is 2. The summed E-state index contributed by atoms with van der Waals surface area (Å²) in [4.78, 5) is 11.5. The number of esters is 1. The van der Waals surface area contributed by atoms with E-state index in [1.807, 2.05) is 0 Å². The molecule has 0 bridgehead atoms. The van der Waals surface area contributed by atoms with Crippen molar-refractivity contribution >= 4 is 5.97 Å². The Balaban J connectivity index is 3.42. The van der Waals surface area contributed by atoms with Crippen LogP contribution in [-0.2, 0) is 9.53 Å². The highest BCUT2D eigenvalue weighted by atomic mass is 16.6. The predicted molar refractivity (Wildman–Crippen MR) is 113 cm³/mol. The first-order valence-electron chi connectivity index (χ1n) is 10.6. The lowest BCUT2D eigenvalue weighted by molar-refractivity contribution is -0.153. The first-order chi connectivity index (χ1) is 13.2. The molecule has 2 N–H and O–H groups in total. The monoisotopic (exact) mass is 380 g/mol. The average Bonchev–Trinajstić information content (AvgIpc) is 2.68. The topological polar surface area (TPSA) is 66.8 Å². The van der Waals surface area contributed by atoms with Crippen molar-refractivity contribution in [3.63, 3.8) is 0 Å². The highest BCUT2D eigenvalue weighted by molar-refractivity contribution is 5.69. The molecule has 4 heteroatoms. The molecule has 0 radical (unpaired) electrons. The van der Waals surface area contributed by atoms with Crippen LogP contribution >= 0.6 is 0 Å². The number of carbonyl (C=O) groups is 1. The first kappa shape index (κ1) is 25.6. The van der Waals surface area contributed by atoms with Crippen molar-refractivity contribution < 1.29 is 19.7 Å². The number of ether oxygens (including phenoxy) is 1. The second-order valence-electron chi connectivity index (χ2n) is 6.80. The van der Waals surface area contributed by atoms with Crippen molar-refractivity contribution in [1.29, 1.82) is 0 Å². The number of aliphatic hydroxyl groups is 2. The minimum atomic E-state index is -0.788. The van der Waals surface area contributed by atoms with Gasteiger partial charge in [-0.2, -0.15) is 0 Å². The molecule has 27 heavy (non-hydrogen) atoms. The number of unbranched alkanes of at least 4 members (excludes halogenated alkanes) is 7. The minimum absolute atomic E-state index is 0.318. The van der Waals surface area contributed by atoms with Gasteiger partial charge in [0.2, 0.25) is 0 Å². The number of rotatable bonds is 18. The maximum atomic E-state index is 11.5. The van der Waals surface area contributed by atoms with E-state index >= 15 is 0 Å². The van der Waals surface area contributed by atoms with Crippen molar-refractivity contribution in [3.05, 3.63) is 36.5 Å². The second kappa shape index (κ2) is 20.9. The van der Waals surface area contributed by atoms with Crippen molar-refractivity contribution in [2.45, 2.75) is 90.1 Å². The van der Waals surface area contributed by atoms with Gasteiger partial charge in [-0.15, -0.1) is 0 Å². The molecule has 0 amide bonds. The van der Waals surface area contributed by atoms with Crippen LogP contribution in [0.25, 0.3) is 0 Å². The van der Waals surface area contributed by atoms with Crippen LogP contribution in [0, 0.1) is 0 Å². The van der Waals surface area contributed by atoms with Crippen molar-refractivity contribution in [2.24, 2.45) is 0 Å². The quantitative estimate of drug-likeness (QED) is 0.193. The van der Waals surface area contributed by atoms with Gasteiger partial charge in [0.25, 0.3) is 0 Å². The fourth-order valence-corrected chi connectivity index (χ4v) is 2.52. The van der Waals surface area contributed by atoms with Gasteiger partial charge in [0.1, 0.15) is 6.10 Å². The minimum Gasteiger partial charge on any atom is -0.457 e. The molecule has 0 spiro atoms. The molecule has 0 atom stereocenters. The molecule has 0 aromatic rings. The zero-order chi connectivity index (χ0) is 20.0. The van der Waals surface area contributed by atoms with Gasteiger partial charge in [0.05, 0.1) is 13.2 Å². The smallest absolute Gasteiger partial charge is 0.306 e. The molecule has 0 aliphatic heterocycles. The van der Waals surface area contributed by atoms with E-state index in [9.17, 15) is 4.79 Å². The highest BCUT2D eigenvalue weighted by Gasteiger charge is 2.11. The maximum absolute atomic E-state index is 11.5. The normalized spacial score (nSPS) is 12.1. The van der Waals surface area contributed by atoms with Gasteiger partial charge in [-0.1, -0.05) is 56.2 Å². The van der Waals surface area contributed by atoms with Crippen LogP contribution in [0.15, 0.2) is 36.5 Å². The Morgan fingerprint density at radius 2 is 1.26 bits per heavy atom. The third-order valence-electron chi connectivity index (χ3n) is 4.20. The summed E-state index contributed by atoms with van der Waals surface area (Å²) in [5, 5.41) is 17.7. The van der Waals surface area contributed by atoms with E-state index in [0.29, 0.717) is 6.42 Å². The lowest BCUT2D eigenvalue weighted by Crippen LogP contribution is -2.25. The summed E-state index contributed by atoms with van der Waals surface area (Å²) in [5.74, 6) is -0.362. The number of hydrogen-bond donors (Lipinski definition) is 2. The third kappa shape index (κ3) is 19.2. The highest BCUT2D eigenvalue weighted by Crippen LogP contribution is 2.06. The molecule has 0 heterocycles. The summed E-state index contributed by atoms with van der Waals surface area (Å²) in [5.41, 5.74) is 0. The van der Waals surface area contributed by atoms with Gasteiger partial charge < -0.3 is 14.9 Å². The zero-order valence-electron chi connectivity index (χ0n) is 17.2. The molecular formula is C23H40O4. The molecule has 0 aromatic carbocycles. The molecule has 0 rings (SSSR count). The molecule has 0 saturated carbocycles. The van der Waals surface area contributed by atoms with E-state index in [4.69, 9.17) is 14.9 Å². The van der Waals surface area contributed by atoms with Crippen molar-refractivity contribution in [2.75, 3.05) is 13.2 Å². The molecule has 0 aromatic heterocycles. The van der Waals surface area contributed by atoms with Crippen LogP contribution in [0.2, 0.25) is 0 Å². The Bertz CT molecular complexity index is 409. The molecule has 0 unspecified atom stereocenters. The fraction of sp³-hybridized carbons (Fsp3) is 0.696. The van der Waals surface area contributed by atoms with Gasteiger partial charge in [0.15, 0.2) is 0 Å². The van der Waals surface area contributed by atoms with Gasteiger partial charge in [-0.25, -0.2) is 0 Å². The number of hydrogen-bond acceptors (Lipinski definition) is 4. The molecule has 0 aliphatic carbocycles. The summed E-state index contributed by atoms with van der Waals surface area (Å²) < 4.78 is 4.90. The van der Waals surface area contributed by atoms with Gasteiger partial charge in [0, 0.05) is 6.42 Å². The van der Waals surface area contributed by atoms with Gasteiger partial charge in [-0.3, -0.25) is 4.79 Å². The average molecular weight is 381 g/mol. The Kier molecular flexibility index (Phi) is 19.8. The Hall–Kier alpha value is -1.39. The van der Waals surface area contributed by atoms with Gasteiger partial charge >= 0.3 is 5.97 Å². The van der Waals surface area contributed by atoms with Crippen LogP contribution in [0.3, 0.4) is 0 Å². The standard InChI is InChI=1S/C23H40O4/c1-2-3-4-5-6-7-8-9-10-11-12-13-14-15-16-17-18-19-23(26)27-22(20-24)21-25/h6-7,9-10,15-16,22,24-25H,2-5,8,11-14,17-21H2,1H3. The molecule has 0 fully saturated rings. The Morgan fingerprint density at radius 1 is 0.778 bits per heavy atom. The zero-order valence-corrected chi connectivity index (χ0v) is 17.2. The van der Waals surface area contributed by atoms with E-state index in [0.717, 1.165) is 32.1 Å². The lowest BCUT2D eigenvalue weighted by atomic mass is 10.1. The summed E-state index contributed by atoms with van der Waals surface area (Å²) in [6, 6.07) is 0. The predicted octanol–water partition coefficient (Wildman–Crippen LogP) is 5.25. The summed E-state index contributed by atoms with van der Waals surface area (Å²) in [6.07, 6.45) is 25.3. The van der Waals surface area contributed by atoms with E-state index < -0.39 is 6.10 Å². The van der Waals surface area contributed by atoms with Crippen LogP contribution in [0.5, 0.6) is 0 Å². The molecule has 0 aliphatic rings. The lowest BCUT2D eigenvalue weighted by Gasteiger charge is -2.11. The molecule has 0 saturated heterocycles. The van der Waals surface area contributed by atoms with E-state index in [-0.39, 0.29) is 19.2 Å². The second-order valence-corrected chi connectivity index (χ2v) is 6.80.